The highest BCUT2D eigenvalue weighted by atomic mass is 79.9. The van der Waals surface area contributed by atoms with Gasteiger partial charge in [0.2, 0.25) is 0 Å². The van der Waals surface area contributed by atoms with Crippen molar-refractivity contribution in [2.24, 2.45) is 5.73 Å². The second-order valence-electron chi connectivity index (χ2n) is 4.16. The summed E-state index contributed by atoms with van der Waals surface area (Å²) in [7, 11) is 0. The zero-order chi connectivity index (χ0) is 14.9. The van der Waals surface area contributed by atoms with E-state index >= 15 is 0 Å². The molecule has 4 nitrogen and oxygen atoms in total. The second kappa shape index (κ2) is 5.53. The van der Waals surface area contributed by atoms with Crippen molar-refractivity contribution in [3.05, 3.63) is 34.1 Å². The molecule has 0 aliphatic carbocycles. The van der Waals surface area contributed by atoms with Gasteiger partial charge in [-0.05, 0) is 24.6 Å². The lowest BCUT2D eigenvalue weighted by Gasteiger charge is -2.10. The van der Waals surface area contributed by atoms with Crippen LogP contribution in [0.2, 0.25) is 0 Å². The van der Waals surface area contributed by atoms with Crippen molar-refractivity contribution in [1.29, 1.82) is 0 Å². The minimum absolute atomic E-state index is 0.164. The van der Waals surface area contributed by atoms with Crippen molar-refractivity contribution in [2.75, 3.05) is 0 Å². The van der Waals surface area contributed by atoms with Crippen LogP contribution in [-0.4, -0.2) is 10.1 Å². The number of hydrogen-bond acceptors (Lipinski definition) is 4. The molecular weight excluding hydrogens is 339 g/mol. The van der Waals surface area contributed by atoms with Gasteiger partial charge in [-0.25, -0.2) is 0 Å². The first-order valence-corrected chi connectivity index (χ1v) is 6.58. The van der Waals surface area contributed by atoms with E-state index in [1.165, 1.54) is 12.1 Å². The minimum Gasteiger partial charge on any atom is -0.334 e. The van der Waals surface area contributed by atoms with E-state index in [1.54, 1.807) is 0 Å². The lowest BCUT2D eigenvalue weighted by atomic mass is 10.1. The van der Waals surface area contributed by atoms with Crippen LogP contribution in [0.25, 0.3) is 11.5 Å². The Kier molecular flexibility index (Phi) is 4.14. The van der Waals surface area contributed by atoms with Crippen LogP contribution in [0.1, 0.15) is 30.8 Å². The van der Waals surface area contributed by atoms with Gasteiger partial charge in [0.05, 0.1) is 17.2 Å². The SMILES string of the molecule is CCC(N)c1noc(-c2ccc(Br)cc2C(F)(F)F)n1. The van der Waals surface area contributed by atoms with Crippen molar-refractivity contribution >= 4 is 15.9 Å². The Hall–Kier alpha value is -1.41. The molecule has 1 atom stereocenters. The third-order valence-corrected chi connectivity index (χ3v) is 3.22. The van der Waals surface area contributed by atoms with Crippen molar-refractivity contribution < 1.29 is 17.7 Å². The van der Waals surface area contributed by atoms with Crippen molar-refractivity contribution in [3.63, 3.8) is 0 Å². The third kappa shape index (κ3) is 3.01. The van der Waals surface area contributed by atoms with E-state index in [0.29, 0.717) is 10.9 Å². The highest BCUT2D eigenvalue weighted by Crippen LogP contribution is 2.38. The molecule has 108 valence electrons. The summed E-state index contributed by atoms with van der Waals surface area (Å²) in [5.41, 5.74) is 4.71. The maximum Gasteiger partial charge on any atom is 0.417 e. The predicted molar refractivity (Wildman–Crippen MR) is 69.7 cm³/mol. The Bertz CT molecular complexity index is 612. The summed E-state index contributed by atoms with van der Waals surface area (Å²) in [6.07, 6.45) is -3.95. The molecule has 1 unspecified atom stereocenters. The van der Waals surface area contributed by atoms with Crippen LogP contribution >= 0.6 is 15.9 Å². The number of alkyl halides is 3. The number of aromatic nitrogens is 2. The molecule has 20 heavy (non-hydrogen) atoms. The molecule has 1 aromatic carbocycles. The Morgan fingerprint density at radius 2 is 2.10 bits per heavy atom. The van der Waals surface area contributed by atoms with Crippen LogP contribution in [-0.2, 0) is 6.18 Å². The lowest BCUT2D eigenvalue weighted by Crippen LogP contribution is -2.10. The summed E-state index contributed by atoms with van der Waals surface area (Å²) in [5, 5.41) is 3.62. The minimum atomic E-state index is -4.51. The van der Waals surface area contributed by atoms with Crippen molar-refractivity contribution in [1.82, 2.24) is 10.1 Å². The molecule has 2 N–H and O–H groups in total. The number of nitrogens with zero attached hydrogens (tertiary/aromatic N) is 2. The molecule has 0 aliphatic rings. The maximum absolute atomic E-state index is 13.0. The van der Waals surface area contributed by atoms with Crippen LogP contribution in [0, 0.1) is 0 Å². The molecule has 0 saturated heterocycles. The molecule has 0 radical (unpaired) electrons. The van der Waals surface area contributed by atoms with Crippen molar-refractivity contribution in [3.8, 4) is 11.5 Å². The summed E-state index contributed by atoms with van der Waals surface area (Å²) < 4.78 is 44.2. The molecule has 2 aromatic rings. The molecule has 8 heteroatoms. The van der Waals surface area contributed by atoms with E-state index in [9.17, 15) is 13.2 Å². The summed E-state index contributed by atoms with van der Waals surface area (Å²) in [5.74, 6) is 0.00210. The fourth-order valence-corrected chi connectivity index (χ4v) is 1.98. The van der Waals surface area contributed by atoms with Gasteiger partial charge in [-0.1, -0.05) is 28.0 Å². The lowest BCUT2D eigenvalue weighted by molar-refractivity contribution is -0.137. The quantitative estimate of drug-likeness (QED) is 0.911. The summed E-state index contributed by atoms with van der Waals surface area (Å²) in [4.78, 5) is 3.94. The highest BCUT2D eigenvalue weighted by molar-refractivity contribution is 9.10. The predicted octanol–water partition coefficient (Wildman–Crippen LogP) is 3.93. The first kappa shape index (κ1) is 15.0. The topological polar surface area (TPSA) is 64.9 Å². The van der Waals surface area contributed by atoms with Gasteiger partial charge < -0.3 is 10.3 Å². The van der Waals surface area contributed by atoms with E-state index in [-0.39, 0.29) is 17.3 Å². The van der Waals surface area contributed by atoms with Gasteiger partial charge in [0.25, 0.3) is 5.89 Å². The van der Waals surface area contributed by atoms with E-state index < -0.39 is 17.8 Å². The van der Waals surface area contributed by atoms with Gasteiger partial charge >= 0.3 is 6.18 Å². The normalized spacial score (nSPS) is 13.5. The number of rotatable bonds is 3. The van der Waals surface area contributed by atoms with Gasteiger partial charge in [-0.15, -0.1) is 0 Å². The van der Waals surface area contributed by atoms with E-state index in [1.807, 2.05) is 6.92 Å². The van der Waals surface area contributed by atoms with E-state index in [2.05, 4.69) is 26.1 Å². The highest BCUT2D eigenvalue weighted by Gasteiger charge is 2.35. The van der Waals surface area contributed by atoms with Crippen molar-refractivity contribution in [2.45, 2.75) is 25.6 Å². The monoisotopic (exact) mass is 349 g/mol. The average Bonchev–Trinajstić information content (AvgIpc) is 2.86. The first-order valence-electron chi connectivity index (χ1n) is 5.79. The molecule has 2 rings (SSSR count). The zero-order valence-corrected chi connectivity index (χ0v) is 12.0. The second-order valence-corrected chi connectivity index (χ2v) is 5.08. The van der Waals surface area contributed by atoms with Crippen LogP contribution in [0.15, 0.2) is 27.2 Å². The number of halogens is 4. The maximum atomic E-state index is 13.0. The number of nitrogens with two attached hydrogens (primary N) is 1. The molecule has 0 fully saturated rings. The molecule has 1 heterocycles. The van der Waals surface area contributed by atoms with Gasteiger partial charge in [0, 0.05) is 4.47 Å². The van der Waals surface area contributed by atoms with Gasteiger partial charge in [-0.3, -0.25) is 0 Å². The molecule has 1 aromatic heterocycles. The Balaban J connectivity index is 2.50. The summed E-state index contributed by atoms with van der Waals surface area (Å²) >= 11 is 3.01. The van der Waals surface area contributed by atoms with E-state index in [0.717, 1.165) is 6.07 Å². The fraction of sp³-hybridized carbons (Fsp3) is 0.333. The molecule has 0 saturated carbocycles. The Morgan fingerprint density at radius 1 is 1.40 bits per heavy atom. The van der Waals surface area contributed by atoms with Crippen LogP contribution in [0.4, 0.5) is 13.2 Å². The Morgan fingerprint density at radius 3 is 2.70 bits per heavy atom. The van der Waals surface area contributed by atoms with Crippen LogP contribution < -0.4 is 5.73 Å². The number of hydrogen-bond donors (Lipinski definition) is 1. The standard InChI is InChI=1S/C12H11BrF3N3O/c1-2-9(17)10-18-11(20-19-10)7-4-3-6(13)5-8(7)12(14,15)16/h3-5,9H,2,17H2,1H3. The van der Waals surface area contributed by atoms with Crippen LogP contribution in [0.5, 0.6) is 0 Å². The van der Waals surface area contributed by atoms with Gasteiger partial charge in [0.1, 0.15) is 0 Å². The molecule has 0 aliphatic heterocycles. The third-order valence-electron chi connectivity index (χ3n) is 2.73. The van der Waals surface area contributed by atoms with Gasteiger partial charge in [-0.2, -0.15) is 18.2 Å². The summed E-state index contributed by atoms with van der Waals surface area (Å²) in [6.45, 7) is 1.82. The summed E-state index contributed by atoms with van der Waals surface area (Å²) in [6, 6.07) is 3.27. The largest absolute Gasteiger partial charge is 0.417 e. The molecule has 0 bridgehead atoms. The molecular formula is C12H11BrF3N3O. The average molecular weight is 350 g/mol. The van der Waals surface area contributed by atoms with Crippen LogP contribution in [0.3, 0.4) is 0 Å². The smallest absolute Gasteiger partial charge is 0.334 e. The van der Waals surface area contributed by atoms with Gasteiger partial charge in [0.15, 0.2) is 5.82 Å². The number of benzene rings is 1. The first-order chi connectivity index (χ1) is 9.32. The van der Waals surface area contributed by atoms with E-state index in [4.69, 9.17) is 10.3 Å². The molecule has 0 amide bonds. The molecule has 0 spiro atoms. The Labute approximate surface area is 121 Å². The fourth-order valence-electron chi connectivity index (χ4n) is 1.61. The zero-order valence-electron chi connectivity index (χ0n) is 10.4.